The van der Waals surface area contributed by atoms with Crippen LogP contribution in [0.3, 0.4) is 0 Å². The highest BCUT2D eigenvalue weighted by Gasteiger charge is 2.25. The number of anilines is 1. The lowest BCUT2D eigenvalue weighted by Crippen LogP contribution is -2.15. The van der Waals surface area contributed by atoms with Crippen LogP contribution in [0.2, 0.25) is 0 Å². The Kier molecular flexibility index (Phi) is 3.81. The summed E-state index contributed by atoms with van der Waals surface area (Å²) in [6.07, 6.45) is 0. The first kappa shape index (κ1) is 16.1. The zero-order chi connectivity index (χ0) is 18.1. The van der Waals surface area contributed by atoms with Gasteiger partial charge in [0.15, 0.2) is 0 Å². The highest BCUT2D eigenvalue weighted by molar-refractivity contribution is 7.90. The van der Waals surface area contributed by atoms with E-state index >= 15 is 0 Å². The Morgan fingerprint density at radius 1 is 0.885 bits per heavy atom. The van der Waals surface area contributed by atoms with Gasteiger partial charge in [-0.15, -0.1) is 5.10 Å². The number of fused-ring (bicyclic) bond motifs is 1. The molecule has 7 nitrogen and oxygen atoms in total. The number of ether oxygens (including phenoxy) is 1. The number of hydrogen-bond acceptors (Lipinski definition) is 6. The molecule has 4 aromatic rings. The molecule has 0 bridgehead atoms. The van der Waals surface area contributed by atoms with Crippen molar-refractivity contribution in [3.8, 4) is 11.8 Å². The van der Waals surface area contributed by atoms with Crippen LogP contribution in [0.5, 0.6) is 11.8 Å². The van der Waals surface area contributed by atoms with Crippen molar-refractivity contribution < 1.29 is 13.2 Å². The van der Waals surface area contributed by atoms with Crippen molar-refractivity contribution in [3.63, 3.8) is 0 Å². The summed E-state index contributed by atoms with van der Waals surface area (Å²) in [4.78, 5) is 4.00. The van der Waals surface area contributed by atoms with Crippen molar-refractivity contribution in [2.45, 2.75) is 4.90 Å². The Morgan fingerprint density at radius 3 is 2.38 bits per heavy atom. The minimum Gasteiger partial charge on any atom is -0.423 e. The normalized spacial score (nSPS) is 11.5. The summed E-state index contributed by atoms with van der Waals surface area (Å²) in [6.45, 7) is 0. The molecule has 1 heterocycles. The molecule has 0 saturated carbocycles. The molecule has 0 unspecified atom stereocenters. The van der Waals surface area contributed by atoms with Gasteiger partial charge in [0.1, 0.15) is 5.75 Å². The van der Waals surface area contributed by atoms with Crippen LogP contribution in [-0.4, -0.2) is 22.6 Å². The average molecular weight is 366 g/mol. The molecule has 0 fully saturated rings. The van der Waals surface area contributed by atoms with Gasteiger partial charge in [-0.2, -0.15) is 13.4 Å². The fourth-order valence-corrected chi connectivity index (χ4v) is 3.77. The molecule has 4 rings (SSSR count). The van der Waals surface area contributed by atoms with Gasteiger partial charge in [0, 0.05) is 5.39 Å². The molecule has 0 radical (unpaired) electrons. The molecular weight excluding hydrogens is 352 g/mol. The Bertz CT molecular complexity index is 1180. The van der Waals surface area contributed by atoms with E-state index in [0.29, 0.717) is 9.84 Å². The van der Waals surface area contributed by atoms with Gasteiger partial charge < -0.3 is 10.5 Å². The Hall–Kier alpha value is -3.39. The fraction of sp³-hybridized carbons (Fsp3) is 0. The predicted molar refractivity (Wildman–Crippen MR) is 97.5 cm³/mol. The van der Waals surface area contributed by atoms with E-state index in [4.69, 9.17) is 10.5 Å². The predicted octanol–water partition coefficient (Wildman–Crippen LogP) is 3.04. The van der Waals surface area contributed by atoms with Crippen LogP contribution in [0.25, 0.3) is 10.8 Å². The van der Waals surface area contributed by atoms with E-state index in [9.17, 15) is 8.42 Å². The van der Waals surface area contributed by atoms with Crippen LogP contribution in [-0.2, 0) is 10.0 Å². The molecule has 0 aliphatic rings. The van der Waals surface area contributed by atoms with Crippen molar-refractivity contribution in [1.29, 1.82) is 0 Å². The van der Waals surface area contributed by atoms with Crippen molar-refractivity contribution in [2.24, 2.45) is 0 Å². The number of nitrogen functional groups attached to an aromatic ring is 1. The smallest absolute Gasteiger partial charge is 0.337 e. The van der Waals surface area contributed by atoms with Crippen LogP contribution in [0.1, 0.15) is 0 Å². The Labute approximate surface area is 149 Å². The number of nitrogens with two attached hydrogens (primary N) is 1. The summed E-state index contributed by atoms with van der Waals surface area (Å²) in [7, 11) is -3.98. The molecule has 26 heavy (non-hydrogen) atoms. The lowest BCUT2D eigenvalue weighted by atomic mass is 10.1. The number of benzene rings is 3. The topological polar surface area (TPSA) is 100 Å². The number of nitrogens with zero attached hydrogens (tertiary/aromatic N) is 3. The Morgan fingerprint density at radius 2 is 1.58 bits per heavy atom. The van der Waals surface area contributed by atoms with Crippen LogP contribution in [0.15, 0.2) is 77.7 Å². The lowest BCUT2D eigenvalue weighted by molar-refractivity contribution is 0.436. The van der Waals surface area contributed by atoms with Gasteiger partial charge >= 0.3 is 6.01 Å². The van der Waals surface area contributed by atoms with Crippen LogP contribution < -0.4 is 10.5 Å². The number of aromatic nitrogens is 3. The van der Waals surface area contributed by atoms with E-state index in [1.807, 2.05) is 36.4 Å². The van der Waals surface area contributed by atoms with Gasteiger partial charge in [-0.1, -0.05) is 58.7 Å². The first-order valence-electron chi connectivity index (χ1n) is 7.74. The second-order valence-corrected chi connectivity index (χ2v) is 7.26. The largest absolute Gasteiger partial charge is 0.423 e. The molecule has 0 amide bonds. The van der Waals surface area contributed by atoms with Crippen molar-refractivity contribution in [3.05, 3.63) is 72.8 Å². The third-order valence-corrected chi connectivity index (χ3v) is 5.35. The standard InChI is InChI=1S/C18H14N4O3S/c19-17-20-18(22(21-17)26(23,24)14-9-2-1-3-10-14)25-16-12-6-8-13-7-4-5-11-15(13)16/h1-12H,(H2,19,21). The molecule has 8 heteroatoms. The first-order valence-corrected chi connectivity index (χ1v) is 9.18. The van der Waals surface area contributed by atoms with E-state index in [2.05, 4.69) is 10.1 Å². The van der Waals surface area contributed by atoms with Crippen LogP contribution in [0.4, 0.5) is 5.95 Å². The lowest BCUT2D eigenvalue weighted by Gasteiger charge is -2.10. The van der Waals surface area contributed by atoms with Crippen LogP contribution in [0, 0.1) is 0 Å². The molecule has 0 atom stereocenters. The fourth-order valence-electron chi connectivity index (χ4n) is 2.59. The maximum absolute atomic E-state index is 12.8. The summed E-state index contributed by atoms with van der Waals surface area (Å²) in [5.74, 6) is 0.264. The van der Waals surface area contributed by atoms with Gasteiger partial charge in [0.25, 0.3) is 10.0 Å². The minimum absolute atomic E-state index is 0.0627. The van der Waals surface area contributed by atoms with Gasteiger partial charge in [0.05, 0.1) is 4.90 Å². The van der Waals surface area contributed by atoms with E-state index in [1.165, 1.54) is 12.1 Å². The molecule has 3 aromatic carbocycles. The maximum atomic E-state index is 12.8. The maximum Gasteiger partial charge on any atom is 0.337 e. The molecule has 0 aliphatic heterocycles. The summed E-state index contributed by atoms with van der Waals surface area (Å²) in [6, 6.07) is 20.7. The molecular formula is C18H14N4O3S. The highest BCUT2D eigenvalue weighted by atomic mass is 32.2. The number of hydrogen-bond donors (Lipinski definition) is 1. The highest BCUT2D eigenvalue weighted by Crippen LogP contribution is 2.30. The zero-order valence-corrected chi connectivity index (χ0v) is 14.3. The molecule has 0 spiro atoms. The summed E-state index contributed by atoms with van der Waals surface area (Å²) in [5, 5.41) is 5.58. The zero-order valence-electron chi connectivity index (χ0n) is 13.5. The van der Waals surface area contributed by atoms with Gasteiger partial charge in [-0.05, 0) is 23.6 Å². The molecule has 1 aromatic heterocycles. The van der Waals surface area contributed by atoms with E-state index < -0.39 is 10.0 Å². The van der Waals surface area contributed by atoms with E-state index in [1.54, 1.807) is 24.3 Å². The quantitative estimate of drug-likeness (QED) is 0.596. The third-order valence-electron chi connectivity index (χ3n) is 3.79. The van der Waals surface area contributed by atoms with Crippen molar-refractivity contribution >= 4 is 26.7 Å². The van der Waals surface area contributed by atoms with Crippen molar-refractivity contribution in [2.75, 3.05) is 5.73 Å². The number of rotatable bonds is 4. The summed E-state index contributed by atoms with van der Waals surface area (Å²) >= 11 is 0. The average Bonchev–Trinajstić information content (AvgIpc) is 3.04. The molecule has 0 saturated heterocycles. The minimum atomic E-state index is -3.98. The van der Waals surface area contributed by atoms with Gasteiger partial charge in [-0.25, -0.2) is 0 Å². The van der Waals surface area contributed by atoms with Crippen molar-refractivity contribution in [1.82, 2.24) is 14.2 Å². The van der Waals surface area contributed by atoms with Crippen LogP contribution >= 0.6 is 0 Å². The second kappa shape index (κ2) is 6.16. The van der Waals surface area contributed by atoms with E-state index in [0.717, 1.165) is 10.8 Å². The molecule has 0 aliphatic carbocycles. The second-order valence-electron chi connectivity index (χ2n) is 5.49. The third kappa shape index (κ3) is 2.76. The van der Waals surface area contributed by atoms with E-state index in [-0.39, 0.29) is 16.9 Å². The molecule has 130 valence electrons. The summed E-state index contributed by atoms with van der Waals surface area (Å²) < 4.78 is 32.2. The Balaban J connectivity index is 1.82. The monoisotopic (exact) mass is 366 g/mol. The SMILES string of the molecule is Nc1nc(Oc2cccc3ccccc23)n(S(=O)(=O)c2ccccc2)n1. The molecule has 2 N–H and O–H groups in total. The summed E-state index contributed by atoms with van der Waals surface area (Å²) in [5.41, 5.74) is 5.63. The van der Waals surface area contributed by atoms with Gasteiger partial charge in [0.2, 0.25) is 5.95 Å². The van der Waals surface area contributed by atoms with Gasteiger partial charge in [-0.3, -0.25) is 0 Å². The first-order chi connectivity index (χ1) is 12.6.